The van der Waals surface area contributed by atoms with Crippen LogP contribution in [0.4, 0.5) is 11.4 Å². The maximum atomic E-state index is 12.6. The Morgan fingerprint density at radius 1 is 0.871 bits per heavy atom. The number of anilines is 2. The molecule has 3 rings (SSSR count). The van der Waals surface area contributed by atoms with Crippen LogP contribution >= 0.6 is 0 Å². The average molecular weight is 439 g/mol. The van der Waals surface area contributed by atoms with Crippen molar-refractivity contribution in [1.82, 2.24) is 0 Å². The number of carbonyl (C=O) groups excluding carboxylic acids is 2. The van der Waals surface area contributed by atoms with Gasteiger partial charge in [-0.15, -0.1) is 0 Å². The molecule has 0 aliphatic heterocycles. The molecule has 0 radical (unpaired) electrons. The number of para-hydroxylation sites is 1. The van der Waals surface area contributed by atoms with Crippen LogP contribution in [0.3, 0.4) is 0 Å². The first-order chi connectivity index (χ1) is 14.9. The van der Waals surface area contributed by atoms with Gasteiger partial charge in [-0.3, -0.25) is 9.52 Å². The minimum atomic E-state index is -3.80. The molecule has 1 atom stereocenters. The van der Waals surface area contributed by atoms with Crippen LogP contribution < -0.4 is 10.0 Å². The third kappa shape index (κ3) is 5.93. The molecule has 0 saturated heterocycles. The van der Waals surface area contributed by atoms with E-state index in [4.69, 9.17) is 4.74 Å². The number of benzene rings is 3. The Hall–Kier alpha value is -3.65. The van der Waals surface area contributed by atoms with Crippen molar-refractivity contribution in [3.8, 4) is 0 Å². The maximum Gasteiger partial charge on any atom is 0.338 e. The van der Waals surface area contributed by atoms with E-state index in [-0.39, 0.29) is 22.6 Å². The number of carbonyl (C=O) groups is 2. The van der Waals surface area contributed by atoms with E-state index in [2.05, 4.69) is 10.0 Å². The van der Waals surface area contributed by atoms with Gasteiger partial charge in [0.2, 0.25) is 0 Å². The first kappa shape index (κ1) is 22.0. The third-order valence-corrected chi connectivity index (χ3v) is 5.76. The van der Waals surface area contributed by atoms with E-state index in [1.807, 2.05) is 6.07 Å². The second-order valence-corrected chi connectivity index (χ2v) is 8.34. The number of ether oxygens (including phenoxy) is 1. The fourth-order valence-electron chi connectivity index (χ4n) is 2.79. The van der Waals surface area contributed by atoms with Crippen molar-refractivity contribution in [3.05, 3.63) is 90.5 Å². The molecule has 7 nitrogen and oxygen atoms in total. The molecule has 0 aliphatic carbocycles. The zero-order valence-corrected chi connectivity index (χ0v) is 17.6. The Labute approximate surface area is 181 Å². The van der Waals surface area contributed by atoms with Crippen LogP contribution in [-0.4, -0.2) is 26.4 Å². The zero-order valence-electron chi connectivity index (χ0n) is 16.8. The van der Waals surface area contributed by atoms with Crippen molar-refractivity contribution in [3.63, 3.8) is 0 Å². The topological polar surface area (TPSA) is 102 Å². The Balaban J connectivity index is 1.69. The van der Waals surface area contributed by atoms with Crippen LogP contribution in [0.15, 0.2) is 89.8 Å². The molecule has 160 valence electrons. The number of esters is 1. The van der Waals surface area contributed by atoms with Gasteiger partial charge in [0.1, 0.15) is 0 Å². The van der Waals surface area contributed by atoms with Crippen molar-refractivity contribution in [2.45, 2.75) is 24.3 Å². The first-order valence-corrected chi connectivity index (χ1v) is 11.1. The monoisotopic (exact) mass is 438 g/mol. The molecule has 31 heavy (non-hydrogen) atoms. The number of nitrogens with one attached hydrogen (secondary N) is 2. The molecule has 3 aromatic rings. The second-order valence-electron chi connectivity index (χ2n) is 6.66. The summed E-state index contributed by atoms with van der Waals surface area (Å²) < 4.78 is 32.8. The summed E-state index contributed by atoms with van der Waals surface area (Å²) in [5.74, 6) is -1.17. The fraction of sp³-hybridized carbons (Fsp3) is 0.130. The van der Waals surface area contributed by atoms with E-state index in [1.165, 1.54) is 36.4 Å². The maximum absolute atomic E-state index is 12.6. The van der Waals surface area contributed by atoms with E-state index in [9.17, 15) is 18.0 Å². The van der Waals surface area contributed by atoms with Crippen molar-refractivity contribution in [1.29, 1.82) is 0 Å². The quantitative estimate of drug-likeness (QED) is 0.517. The minimum absolute atomic E-state index is 0.103. The molecule has 1 amide bonds. The lowest BCUT2D eigenvalue weighted by molar-refractivity contribution is -0.124. The van der Waals surface area contributed by atoms with Crippen molar-refractivity contribution < 1.29 is 22.7 Å². The fourth-order valence-corrected chi connectivity index (χ4v) is 3.86. The highest BCUT2D eigenvalue weighted by Crippen LogP contribution is 2.18. The summed E-state index contributed by atoms with van der Waals surface area (Å²) in [4.78, 5) is 25.1. The van der Waals surface area contributed by atoms with Crippen LogP contribution in [0.1, 0.15) is 23.7 Å². The highest BCUT2D eigenvalue weighted by Gasteiger charge is 2.22. The zero-order chi connectivity index (χ0) is 22.3. The number of amides is 1. The Bertz CT molecular complexity index is 1150. The molecule has 0 heterocycles. The van der Waals surface area contributed by atoms with Gasteiger partial charge in [0, 0.05) is 11.4 Å². The highest BCUT2D eigenvalue weighted by atomic mass is 32.2. The minimum Gasteiger partial charge on any atom is -0.449 e. The molecule has 1 unspecified atom stereocenters. The SMILES string of the molecule is CCC(OC(=O)c1cccc(NS(=O)(=O)c2ccccc2)c1)C(=O)Nc1ccccc1. The molecule has 0 bridgehead atoms. The van der Waals surface area contributed by atoms with Gasteiger partial charge in [0.05, 0.1) is 10.5 Å². The number of hydrogen-bond acceptors (Lipinski definition) is 5. The predicted octanol–water partition coefficient (Wildman–Crippen LogP) is 4.06. The highest BCUT2D eigenvalue weighted by molar-refractivity contribution is 7.92. The summed E-state index contributed by atoms with van der Waals surface area (Å²) in [5, 5.41) is 2.70. The molecule has 0 saturated carbocycles. The predicted molar refractivity (Wildman–Crippen MR) is 118 cm³/mol. The van der Waals surface area contributed by atoms with Gasteiger partial charge in [0.25, 0.3) is 15.9 Å². The summed E-state index contributed by atoms with van der Waals surface area (Å²) in [6.45, 7) is 1.73. The van der Waals surface area contributed by atoms with Gasteiger partial charge >= 0.3 is 5.97 Å². The van der Waals surface area contributed by atoms with Crippen molar-refractivity contribution in [2.75, 3.05) is 10.0 Å². The lowest BCUT2D eigenvalue weighted by Crippen LogP contribution is -2.32. The first-order valence-electron chi connectivity index (χ1n) is 9.64. The number of rotatable bonds is 8. The van der Waals surface area contributed by atoms with E-state index >= 15 is 0 Å². The Morgan fingerprint density at radius 2 is 1.48 bits per heavy atom. The molecule has 0 aliphatic rings. The smallest absolute Gasteiger partial charge is 0.338 e. The molecule has 2 N–H and O–H groups in total. The van der Waals surface area contributed by atoms with Gasteiger partial charge in [-0.05, 0) is 48.9 Å². The lowest BCUT2D eigenvalue weighted by atomic mass is 10.2. The molecule has 3 aromatic carbocycles. The van der Waals surface area contributed by atoms with Crippen molar-refractivity contribution in [2.24, 2.45) is 0 Å². The van der Waals surface area contributed by atoms with Gasteiger partial charge in [0.15, 0.2) is 6.10 Å². The molecule has 0 fully saturated rings. The van der Waals surface area contributed by atoms with Gasteiger partial charge in [-0.1, -0.05) is 49.4 Å². The summed E-state index contributed by atoms with van der Waals surface area (Å²) in [6.07, 6.45) is -0.706. The normalized spacial score (nSPS) is 11.9. The summed E-state index contributed by atoms with van der Waals surface area (Å²) in [6, 6.07) is 22.7. The summed E-state index contributed by atoms with van der Waals surface area (Å²) >= 11 is 0. The van der Waals surface area contributed by atoms with Gasteiger partial charge in [-0.25, -0.2) is 13.2 Å². The third-order valence-electron chi connectivity index (χ3n) is 4.36. The van der Waals surface area contributed by atoms with E-state index in [0.717, 1.165) is 0 Å². The van der Waals surface area contributed by atoms with E-state index < -0.39 is 28.0 Å². The van der Waals surface area contributed by atoms with Crippen LogP contribution in [0.5, 0.6) is 0 Å². The standard InChI is InChI=1S/C23H22N2O5S/c1-2-21(22(26)24-18-11-5-3-6-12-18)30-23(27)17-10-9-13-19(16-17)25-31(28,29)20-14-7-4-8-15-20/h3-16,21,25H,2H2,1H3,(H,24,26). The molecule has 8 heteroatoms. The van der Waals surface area contributed by atoms with Gasteiger partial charge in [-0.2, -0.15) is 0 Å². The lowest BCUT2D eigenvalue weighted by Gasteiger charge is -2.16. The molecule has 0 spiro atoms. The van der Waals surface area contributed by atoms with Crippen LogP contribution in [0.25, 0.3) is 0 Å². The van der Waals surface area contributed by atoms with Crippen LogP contribution in [0.2, 0.25) is 0 Å². The van der Waals surface area contributed by atoms with Crippen LogP contribution in [-0.2, 0) is 19.6 Å². The summed E-state index contributed by atoms with van der Waals surface area (Å²) in [7, 11) is -3.80. The molecular formula is C23H22N2O5S. The number of hydrogen-bond donors (Lipinski definition) is 2. The molecule has 0 aromatic heterocycles. The summed E-state index contributed by atoms with van der Waals surface area (Å²) in [5.41, 5.74) is 0.929. The molecular weight excluding hydrogens is 416 g/mol. The van der Waals surface area contributed by atoms with E-state index in [1.54, 1.807) is 49.4 Å². The van der Waals surface area contributed by atoms with Crippen LogP contribution in [0, 0.1) is 0 Å². The Kier molecular flexibility index (Phi) is 7.04. The van der Waals surface area contributed by atoms with Gasteiger partial charge < -0.3 is 10.1 Å². The largest absolute Gasteiger partial charge is 0.449 e. The Morgan fingerprint density at radius 3 is 2.13 bits per heavy atom. The van der Waals surface area contributed by atoms with E-state index in [0.29, 0.717) is 5.69 Å². The second kappa shape index (κ2) is 9.90. The average Bonchev–Trinajstić information content (AvgIpc) is 2.78. The number of sulfonamides is 1. The van der Waals surface area contributed by atoms with Crippen molar-refractivity contribution >= 4 is 33.3 Å².